The van der Waals surface area contributed by atoms with Crippen LogP contribution in [0.1, 0.15) is 38.2 Å². The quantitative estimate of drug-likeness (QED) is 0.872. The van der Waals surface area contributed by atoms with E-state index in [1.54, 1.807) is 0 Å². The first-order valence-electron chi connectivity index (χ1n) is 6.77. The first kappa shape index (κ1) is 13.6. The summed E-state index contributed by atoms with van der Waals surface area (Å²) in [5.74, 6) is 0.144. The van der Waals surface area contributed by atoms with Gasteiger partial charge in [-0.25, -0.2) is 0 Å². The topological polar surface area (TPSA) is 58.2 Å². The molecule has 1 aromatic carbocycles. The summed E-state index contributed by atoms with van der Waals surface area (Å²) < 4.78 is 0. The van der Waals surface area contributed by atoms with Gasteiger partial charge in [0.1, 0.15) is 0 Å². The molecule has 4 heteroatoms. The molecule has 1 aliphatic rings. The maximum atomic E-state index is 11.9. The van der Waals surface area contributed by atoms with E-state index < -0.39 is 0 Å². The summed E-state index contributed by atoms with van der Waals surface area (Å²) in [6.07, 6.45) is 1.39. The van der Waals surface area contributed by atoms with E-state index in [9.17, 15) is 9.59 Å². The van der Waals surface area contributed by atoms with E-state index in [-0.39, 0.29) is 24.2 Å². The largest absolute Gasteiger partial charge is 0.355 e. The molecule has 0 aromatic heterocycles. The van der Waals surface area contributed by atoms with Gasteiger partial charge in [-0.2, -0.15) is 0 Å². The molecule has 1 heterocycles. The van der Waals surface area contributed by atoms with Gasteiger partial charge in [-0.15, -0.1) is 0 Å². The van der Waals surface area contributed by atoms with Crippen LogP contribution >= 0.6 is 0 Å². The average Bonchev–Trinajstić information content (AvgIpc) is 2.85. The molecule has 2 atom stereocenters. The second-order valence-corrected chi connectivity index (χ2v) is 5.13. The van der Waals surface area contributed by atoms with Gasteiger partial charge in [0.15, 0.2) is 0 Å². The van der Waals surface area contributed by atoms with Crippen LogP contribution in [0.5, 0.6) is 0 Å². The zero-order chi connectivity index (χ0) is 13.8. The minimum absolute atomic E-state index is 0.0488. The average molecular weight is 260 g/mol. The summed E-state index contributed by atoms with van der Waals surface area (Å²) in [5.41, 5.74) is 2.06. The van der Waals surface area contributed by atoms with E-state index in [4.69, 9.17) is 0 Å². The van der Waals surface area contributed by atoms with Gasteiger partial charge in [-0.1, -0.05) is 26.0 Å². The van der Waals surface area contributed by atoms with Crippen molar-refractivity contribution in [2.75, 3.05) is 11.9 Å². The van der Waals surface area contributed by atoms with E-state index in [0.717, 1.165) is 12.1 Å². The molecule has 0 radical (unpaired) electrons. The molecule has 19 heavy (non-hydrogen) atoms. The molecule has 2 rings (SSSR count). The minimum atomic E-state index is -0.248. The van der Waals surface area contributed by atoms with Crippen LogP contribution in [0.3, 0.4) is 0 Å². The van der Waals surface area contributed by atoms with Crippen molar-refractivity contribution in [2.45, 2.75) is 32.6 Å². The summed E-state index contributed by atoms with van der Waals surface area (Å²) in [6, 6.07) is 7.93. The second kappa shape index (κ2) is 5.87. The van der Waals surface area contributed by atoms with Crippen molar-refractivity contribution in [3.05, 3.63) is 29.8 Å². The Kier molecular flexibility index (Phi) is 4.20. The number of hydrogen-bond donors (Lipinski definition) is 2. The number of amides is 2. The summed E-state index contributed by atoms with van der Waals surface area (Å²) in [7, 11) is 0. The zero-order valence-corrected chi connectivity index (χ0v) is 11.4. The molecule has 4 nitrogen and oxygen atoms in total. The summed E-state index contributed by atoms with van der Waals surface area (Å²) in [4.78, 5) is 23.0. The number of carbonyl (C=O) groups is 2. The third-order valence-electron chi connectivity index (χ3n) is 3.71. The first-order valence-corrected chi connectivity index (χ1v) is 6.77. The molecule has 0 bridgehead atoms. The van der Waals surface area contributed by atoms with E-state index in [1.807, 2.05) is 24.3 Å². The van der Waals surface area contributed by atoms with Crippen LogP contribution in [0.25, 0.3) is 0 Å². The number of anilines is 1. The lowest BCUT2D eigenvalue weighted by Gasteiger charge is -2.12. The molecule has 2 amide bonds. The van der Waals surface area contributed by atoms with Gasteiger partial charge in [0, 0.05) is 18.7 Å². The normalized spacial score (nSPS) is 19.9. The van der Waals surface area contributed by atoms with Crippen LogP contribution in [0, 0.1) is 5.92 Å². The Labute approximate surface area is 113 Å². The van der Waals surface area contributed by atoms with Crippen LogP contribution < -0.4 is 10.6 Å². The van der Waals surface area contributed by atoms with Crippen LogP contribution in [-0.2, 0) is 9.59 Å². The Morgan fingerprint density at radius 3 is 2.63 bits per heavy atom. The smallest absolute Gasteiger partial charge is 0.229 e. The molecule has 1 saturated heterocycles. The van der Waals surface area contributed by atoms with Gasteiger partial charge in [0.2, 0.25) is 11.8 Å². The number of hydrogen-bond acceptors (Lipinski definition) is 2. The molecule has 2 N–H and O–H groups in total. The van der Waals surface area contributed by atoms with Gasteiger partial charge < -0.3 is 10.6 Å². The molecule has 1 aliphatic heterocycles. The van der Waals surface area contributed by atoms with Crippen molar-refractivity contribution < 1.29 is 9.59 Å². The maximum absolute atomic E-state index is 11.9. The third kappa shape index (κ3) is 3.34. The highest BCUT2D eigenvalue weighted by molar-refractivity contribution is 5.97. The molecule has 1 fully saturated rings. The van der Waals surface area contributed by atoms with Crippen LogP contribution in [0.2, 0.25) is 0 Å². The Bertz CT molecular complexity index is 468. The summed E-state index contributed by atoms with van der Waals surface area (Å²) in [5, 5.41) is 5.53. The molecule has 0 saturated carbocycles. The van der Waals surface area contributed by atoms with Crippen molar-refractivity contribution in [2.24, 2.45) is 5.92 Å². The van der Waals surface area contributed by atoms with Gasteiger partial charge >= 0.3 is 0 Å². The predicted octanol–water partition coefficient (Wildman–Crippen LogP) is 2.27. The molecule has 102 valence electrons. The van der Waals surface area contributed by atoms with E-state index in [2.05, 4.69) is 24.5 Å². The number of carbonyl (C=O) groups excluding carboxylic acids is 2. The monoisotopic (exact) mass is 260 g/mol. The van der Waals surface area contributed by atoms with Crippen LogP contribution in [-0.4, -0.2) is 18.4 Å². The van der Waals surface area contributed by atoms with Crippen molar-refractivity contribution in [1.82, 2.24) is 5.32 Å². The Morgan fingerprint density at radius 1 is 1.42 bits per heavy atom. The van der Waals surface area contributed by atoms with Gasteiger partial charge in [-0.3, -0.25) is 9.59 Å². The molecule has 0 spiro atoms. The van der Waals surface area contributed by atoms with Crippen LogP contribution in [0.15, 0.2) is 24.3 Å². The minimum Gasteiger partial charge on any atom is -0.355 e. The molecule has 0 aliphatic carbocycles. The Hall–Kier alpha value is -1.84. The van der Waals surface area contributed by atoms with Gasteiger partial charge in [-0.05, 0) is 30.0 Å². The van der Waals surface area contributed by atoms with Gasteiger partial charge in [0.25, 0.3) is 0 Å². The first-order chi connectivity index (χ1) is 9.10. The highest BCUT2D eigenvalue weighted by Crippen LogP contribution is 2.21. The van der Waals surface area contributed by atoms with Crippen molar-refractivity contribution in [3.63, 3.8) is 0 Å². The van der Waals surface area contributed by atoms with Crippen molar-refractivity contribution in [1.29, 1.82) is 0 Å². The molecular formula is C15H20N2O2. The Morgan fingerprint density at radius 2 is 2.11 bits per heavy atom. The number of benzene rings is 1. The maximum Gasteiger partial charge on any atom is 0.229 e. The highest BCUT2D eigenvalue weighted by Gasteiger charge is 2.27. The lowest BCUT2D eigenvalue weighted by molar-refractivity contribution is -0.123. The molecular weight excluding hydrogens is 240 g/mol. The number of nitrogens with one attached hydrogen (secondary N) is 2. The number of rotatable bonds is 4. The summed E-state index contributed by atoms with van der Waals surface area (Å²) in [6.45, 7) is 4.78. The fourth-order valence-corrected chi connectivity index (χ4v) is 2.17. The van der Waals surface area contributed by atoms with Crippen molar-refractivity contribution in [3.8, 4) is 0 Å². The third-order valence-corrected chi connectivity index (χ3v) is 3.71. The van der Waals surface area contributed by atoms with E-state index in [0.29, 0.717) is 12.5 Å². The standard InChI is InChI=1S/C15H20N2O2/c1-3-10(2)11-4-6-13(7-5-11)17-15(19)12-8-14(18)16-9-12/h4-7,10,12H,3,8-9H2,1-2H3,(H,16,18)(H,17,19). The fraction of sp³-hybridized carbons (Fsp3) is 0.467. The summed E-state index contributed by atoms with van der Waals surface area (Å²) >= 11 is 0. The van der Waals surface area contributed by atoms with Crippen molar-refractivity contribution >= 4 is 17.5 Å². The molecule has 1 aromatic rings. The van der Waals surface area contributed by atoms with E-state index >= 15 is 0 Å². The fourth-order valence-electron chi connectivity index (χ4n) is 2.17. The Balaban J connectivity index is 1.96. The van der Waals surface area contributed by atoms with E-state index in [1.165, 1.54) is 5.56 Å². The second-order valence-electron chi connectivity index (χ2n) is 5.13. The van der Waals surface area contributed by atoms with Crippen LogP contribution in [0.4, 0.5) is 5.69 Å². The predicted molar refractivity (Wildman–Crippen MR) is 74.9 cm³/mol. The van der Waals surface area contributed by atoms with Gasteiger partial charge in [0.05, 0.1) is 5.92 Å². The zero-order valence-electron chi connectivity index (χ0n) is 11.4. The highest BCUT2D eigenvalue weighted by atomic mass is 16.2. The lowest BCUT2D eigenvalue weighted by Crippen LogP contribution is -2.24. The lowest BCUT2D eigenvalue weighted by atomic mass is 9.98. The molecule has 2 unspecified atom stereocenters. The SMILES string of the molecule is CCC(C)c1ccc(NC(=O)C2CNC(=O)C2)cc1.